The minimum absolute atomic E-state index is 0.0704. The first kappa shape index (κ1) is 32.0. The fraction of sp³-hybridized carbons (Fsp3) is 0.289. The SMILES string of the molecule is CC(OCc1ccccc1)C(NC(=O)OCC1c2ccccc2-c2ccccc21)C(=O)NC1(C(=O)O)CCN(Cc2ccccc2)C1. The molecule has 4 aromatic rings. The first-order valence-electron chi connectivity index (χ1n) is 15.9. The van der Waals surface area contributed by atoms with Gasteiger partial charge in [0, 0.05) is 25.6 Å². The maximum atomic E-state index is 13.9. The van der Waals surface area contributed by atoms with E-state index < -0.39 is 35.7 Å². The van der Waals surface area contributed by atoms with Crippen LogP contribution in [0.4, 0.5) is 4.79 Å². The molecule has 3 N–H and O–H groups in total. The Balaban J connectivity index is 1.16. The third kappa shape index (κ3) is 7.21. The molecule has 9 heteroatoms. The molecule has 9 nitrogen and oxygen atoms in total. The van der Waals surface area contributed by atoms with Gasteiger partial charge in [-0.25, -0.2) is 9.59 Å². The number of fused-ring (bicyclic) bond motifs is 3. The number of benzene rings is 4. The van der Waals surface area contributed by atoms with Crippen molar-refractivity contribution in [2.75, 3.05) is 19.7 Å². The summed E-state index contributed by atoms with van der Waals surface area (Å²) in [5.74, 6) is -1.93. The molecule has 1 aliphatic carbocycles. The molecular weight excluding hydrogens is 594 g/mol. The Morgan fingerprint density at radius 2 is 1.43 bits per heavy atom. The maximum Gasteiger partial charge on any atom is 0.407 e. The smallest absolute Gasteiger partial charge is 0.407 e. The number of carbonyl (C=O) groups is 3. The summed E-state index contributed by atoms with van der Waals surface area (Å²) in [7, 11) is 0. The highest BCUT2D eigenvalue weighted by molar-refractivity contribution is 5.92. The summed E-state index contributed by atoms with van der Waals surface area (Å²) in [6, 6.07) is 34.1. The Labute approximate surface area is 274 Å². The number of carboxylic acid groups (broad SMARTS) is 1. The zero-order chi connectivity index (χ0) is 32.8. The van der Waals surface area contributed by atoms with Crippen LogP contribution in [0.5, 0.6) is 0 Å². The molecule has 1 fully saturated rings. The lowest BCUT2D eigenvalue weighted by Crippen LogP contribution is -2.62. The Kier molecular flexibility index (Phi) is 9.65. The zero-order valence-corrected chi connectivity index (χ0v) is 26.3. The van der Waals surface area contributed by atoms with Gasteiger partial charge in [0.1, 0.15) is 12.6 Å². The first-order valence-corrected chi connectivity index (χ1v) is 15.9. The molecule has 0 bridgehead atoms. The predicted octanol–water partition coefficient (Wildman–Crippen LogP) is 5.34. The van der Waals surface area contributed by atoms with Crippen molar-refractivity contribution in [1.29, 1.82) is 0 Å². The van der Waals surface area contributed by atoms with Gasteiger partial charge >= 0.3 is 12.1 Å². The predicted molar refractivity (Wildman–Crippen MR) is 178 cm³/mol. The summed E-state index contributed by atoms with van der Waals surface area (Å²) in [6.07, 6.45) is -1.37. The van der Waals surface area contributed by atoms with Crippen LogP contribution in [0, 0.1) is 0 Å². The van der Waals surface area contributed by atoms with Crippen LogP contribution in [0.1, 0.15) is 41.5 Å². The van der Waals surface area contributed by atoms with Gasteiger partial charge in [0.25, 0.3) is 0 Å². The molecule has 6 rings (SSSR count). The molecule has 1 heterocycles. The van der Waals surface area contributed by atoms with Crippen molar-refractivity contribution in [3.8, 4) is 11.1 Å². The second kappa shape index (κ2) is 14.2. The lowest BCUT2D eigenvalue weighted by atomic mass is 9.97. The van der Waals surface area contributed by atoms with Crippen molar-refractivity contribution in [3.05, 3.63) is 131 Å². The molecular formula is C38H39N3O6. The van der Waals surface area contributed by atoms with Gasteiger partial charge in [0.2, 0.25) is 5.91 Å². The van der Waals surface area contributed by atoms with Crippen molar-refractivity contribution in [1.82, 2.24) is 15.5 Å². The van der Waals surface area contributed by atoms with E-state index in [-0.39, 0.29) is 32.1 Å². The van der Waals surface area contributed by atoms with Crippen molar-refractivity contribution >= 4 is 18.0 Å². The van der Waals surface area contributed by atoms with Gasteiger partial charge in [-0.05, 0) is 46.7 Å². The second-order valence-corrected chi connectivity index (χ2v) is 12.3. The quantitative estimate of drug-likeness (QED) is 0.193. The topological polar surface area (TPSA) is 117 Å². The maximum absolute atomic E-state index is 13.9. The van der Waals surface area contributed by atoms with Gasteiger partial charge in [-0.1, -0.05) is 109 Å². The first-order chi connectivity index (χ1) is 22.8. The van der Waals surface area contributed by atoms with Crippen LogP contribution in [-0.2, 0) is 32.2 Å². The average molecular weight is 634 g/mol. The van der Waals surface area contributed by atoms with Crippen LogP contribution in [0.3, 0.4) is 0 Å². The molecule has 0 saturated carbocycles. The monoisotopic (exact) mass is 633 g/mol. The fourth-order valence-electron chi connectivity index (χ4n) is 6.57. The van der Waals surface area contributed by atoms with Gasteiger partial charge in [-0.3, -0.25) is 9.69 Å². The number of aliphatic carboxylic acids is 1. The van der Waals surface area contributed by atoms with Crippen LogP contribution in [0.2, 0.25) is 0 Å². The number of carboxylic acids is 1. The van der Waals surface area contributed by atoms with E-state index in [1.165, 1.54) is 0 Å². The fourth-order valence-corrected chi connectivity index (χ4v) is 6.57. The molecule has 0 aromatic heterocycles. The van der Waals surface area contributed by atoms with Crippen molar-refractivity contribution < 1.29 is 29.0 Å². The molecule has 3 unspecified atom stereocenters. The molecule has 4 aromatic carbocycles. The number of ether oxygens (including phenoxy) is 2. The highest BCUT2D eigenvalue weighted by atomic mass is 16.5. The summed E-state index contributed by atoms with van der Waals surface area (Å²) in [6.45, 7) is 3.13. The lowest BCUT2D eigenvalue weighted by molar-refractivity contribution is -0.148. The molecule has 47 heavy (non-hydrogen) atoms. The van der Waals surface area contributed by atoms with Crippen LogP contribution in [0.25, 0.3) is 11.1 Å². The van der Waals surface area contributed by atoms with Crippen LogP contribution in [-0.4, -0.2) is 65.4 Å². The number of rotatable bonds is 12. The van der Waals surface area contributed by atoms with Gasteiger partial charge in [0.15, 0.2) is 5.54 Å². The standard InChI is InChI=1S/C38H39N3O6/c1-26(46-23-28-14-6-3-7-15-28)34(35(42)40-38(36(43)44)20-21-41(25-38)22-27-12-4-2-5-13-27)39-37(45)47-24-33-31-18-10-8-16-29(31)30-17-9-11-19-32(30)33/h2-19,26,33-34H,20-25H2,1H3,(H,39,45)(H,40,42)(H,43,44). The number of nitrogens with zero attached hydrogens (tertiary/aromatic N) is 1. The van der Waals surface area contributed by atoms with E-state index >= 15 is 0 Å². The Hall–Kier alpha value is -4.99. The normalized spacial score (nSPS) is 18.5. The summed E-state index contributed by atoms with van der Waals surface area (Å²) in [5.41, 5.74) is 4.78. The number of hydrogen-bond acceptors (Lipinski definition) is 6. The second-order valence-electron chi connectivity index (χ2n) is 12.3. The zero-order valence-electron chi connectivity index (χ0n) is 26.3. The Bertz CT molecular complexity index is 1670. The number of alkyl carbamates (subject to hydrolysis) is 1. The van der Waals surface area contributed by atoms with Gasteiger partial charge in [-0.15, -0.1) is 0 Å². The average Bonchev–Trinajstić information content (AvgIpc) is 3.65. The Morgan fingerprint density at radius 3 is 2.04 bits per heavy atom. The van der Waals surface area contributed by atoms with E-state index in [0.29, 0.717) is 13.1 Å². The number of carbonyl (C=O) groups excluding carboxylic acids is 2. The number of amides is 2. The highest BCUT2D eigenvalue weighted by Gasteiger charge is 2.47. The molecule has 0 radical (unpaired) electrons. The van der Waals surface area contributed by atoms with Crippen molar-refractivity contribution in [2.24, 2.45) is 0 Å². The molecule has 3 atom stereocenters. The lowest BCUT2D eigenvalue weighted by Gasteiger charge is -2.31. The molecule has 1 saturated heterocycles. The molecule has 0 spiro atoms. The molecule has 242 valence electrons. The minimum atomic E-state index is -1.52. The van der Waals surface area contributed by atoms with E-state index in [2.05, 4.69) is 22.8 Å². The van der Waals surface area contributed by atoms with E-state index in [4.69, 9.17) is 9.47 Å². The van der Waals surface area contributed by atoms with E-state index in [1.54, 1.807) is 6.92 Å². The number of likely N-dealkylation sites (tertiary alicyclic amines) is 1. The molecule has 2 amide bonds. The third-order valence-electron chi connectivity index (χ3n) is 9.09. The van der Waals surface area contributed by atoms with Crippen LogP contribution in [0.15, 0.2) is 109 Å². The summed E-state index contributed by atoms with van der Waals surface area (Å²) in [5, 5.41) is 15.8. The highest BCUT2D eigenvalue weighted by Crippen LogP contribution is 2.44. The van der Waals surface area contributed by atoms with E-state index in [1.807, 2.05) is 102 Å². The van der Waals surface area contributed by atoms with E-state index in [9.17, 15) is 19.5 Å². The Morgan fingerprint density at radius 1 is 0.851 bits per heavy atom. The van der Waals surface area contributed by atoms with Crippen molar-refractivity contribution in [2.45, 2.75) is 50.1 Å². The third-order valence-corrected chi connectivity index (χ3v) is 9.09. The van der Waals surface area contributed by atoms with Crippen LogP contribution < -0.4 is 10.6 Å². The van der Waals surface area contributed by atoms with Crippen molar-refractivity contribution in [3.63, 3.8) is 0 Å². The van der Waals surface area contributed by atoms with Crippen LogP contribution >= 0.6 is 0 Å². The van der Waals surface area contributed by atoms with E-state index in [0.717, 1.165) is 33.4 Å². The summed E-state index contributed by atoms with van der Waals surface area (Å²) < 4.78 is 11.8. The largest absolute Gasteiger partial charge is 0.479 e. The molecule has 2 aliphatic rings. The summed E-state index contributed by atoms with van der Waals surface area (Å²) >= 11 is 0. The summed E-state index contributed by atoms with van der Waals surface area (Å²) in [4.78, 5) is 41.9. The number of nitrogens with one attached hydrogen (secondary N) is 2. The molecule has 1 aliphatic heterocycles. The van der Waals surface area contributed by atoms with Gasteiger partial charge in [0.05, 0.1) is 12.7 Å². The number of hydrogen-bond donors (Lipinski definition) is 3. The van der Waals surface area contributed by atoms with Gasteiger partial charge in [-0.2, -0.15) is 0 Å². The minimum Gasteiger partial charge on any atom is -0.479 e. The van der Waals surface area contributed by atoms with Gasteiger partial charge < -0.3 is 25.2 Å².